The Kier molecular flexibility index (Phi) is 9.35. The molecule has 3 rings (SSSR count). The second-order valence-corrected chi connectivity index (χ2v) is 9.85. The Morgan fingerprint density at radius 1 is 0.673 bits per heavy atom. The minimum Gasteiger partial charge on any atom is -0.478 e. The molecule has 49 heavy (non-hydrogen) atoms. The number of imide groups is 1. The second kappa shape index (κ2) is 11.8. The van der Waals surface area contributed by atoms with E-state index in [1.165, 1.54) is 0 Å². The van der Waals surface area contributed by atoms with E-state index in [0.717, 1.165) is 0 Å². The Morgan fingerprint density at radius 2 is 1.02 bits per heavy atom. The zero-order valence-electron chi connectivity index (χ0n) is 23.1. The van der Waals surface area contributed by atoms with Gasteiger partial charge >= 0.3 is 42.5 Å². The first kappa shape index (κ1) is 38.9. The van der Waals surface area contributed by atoms with Crippen LogP contribution in [-0.4, -0.2) is 54.8 Å². The van der Waals surface area contributed by atoms with Gasteiger partial charge in [-0.25, -0.2) is 9.69 Å². The van der Waals surface area contributed by atoms with Gasteiger partial charge in [0.15, 0.2) is 11.4 Å². The Hall–Kier alpha value is -4.58. The minimum atomic E-state index is -6.85. The average Bonchev–Trinajstić information content (AvgIpc) is 3.46. The fourth-order valence-electron chi connectivity index (χ4n) is 4.14. The van der Waals surface area contributed by atoms with Crippen LogP contribution >= 0.6 is 11.6 Å². The van der Waals surface area contributed by atoms with Crippen LogP contribution in [0.3, 0.4) is 0 Å². The van der Waals surface area contributed by atoms with Crippen LogP contribution in [0.5, 0.6) is 0 Å². The van der Waals surface area contributed by atoms with Crippen LogP contribution in [-0.2, 0) is 38.3 Å². The number of carboxylic acids is 1. The van der Waals surface area contributed by atoms with Crippen molar-refractivity contribution in [2.45, 2.75) is 36.6 Å². The molecule has 2 aromatic heterocycles. The highest BCUT2D eigenvalue weighted by Gasteiger charge is 2.66. The molecule has 3 aromatic rings. The smallest absolute Gasteiger partial charge is 0.459 e. The molecule has 270 valence electrons. The van der Waals surface area contributed by atoms with Crippen LogP contribution in [0.25, 0.3) is 0 Å². The monoisotopic (exact) mass is 759 g/mol. The summed E-state index contributed by atoms with van der Waals surface area (Å²) >= 11 is 5.63. The Morgan fingerprint density at radius 3 is 1.31 bits per heavy atom. The maximum atomic E-state index is 14.2. The third-order valence-corrected chi connectivity index (χ3v) is 6.55. The first-order chi connectivity index (χ1) is 21.8. The molecule has 1 N–H and O–H groups in total. The summed E-state index contributed by atoms with van der Waals surface area (Å²) in [6.45, 7) is 0. The number of rotatable bonds is 6. The lowest BCUT2D eigenvalue weighted by Crippen LogP contribution is -2.41. The van der Waals surface area contributed by atoms with Crippen molar-refractivity contribution in [3.05, 3.63) is 62.7 Å². The standard InChI is InChI=1S/C23H10ClF16N5O4/c1-43-11(9(20(29,30)31)13(41-43)18(25,26)22(35,36)37)15(46)45(6-3-4-8(24)7(5-6)17(48)49)16(47)12-10(21(32,33)34)14(42-44(12)2)19(27,28)23(38,39)40/h3-5H,1-2H3,(H,48,49). The van der Waals surface area contributed by atoms with Crippen molar-refractivity contribution in [1.29, 1.82) is 0 Å². The first-order valence-electron chi connectivity index (χ1n) is 11.9. The van der Waals surface area contributed by atoms with Gasteiger partial charge in [-0.1, -0.05) is 11.6 Å². The van der Waals surface area contributed by atoms with E-state index in [0.29, 0.717) is 6.07 Å². The number of hydrogen-bond acceptors (Lipinski definition) is 5. The van der Waals surface area contributed by atoms with Crippen molar-refractivity contribution in [3.63, 3.8) is 0 Å². The third kappa shape index (κ3) is 6.58. The second-order valence-electron chi connectivity index (χ2n) is 9.45. The fraction of sp³-hybridized carbons (Fsp3) is 0.348. The molecule has 0 radical (unpaired) electrons. The molecule has 0 saturated carbocycles. The van der Waals surface area contributed by atoms with Gasteiger partial charge in [-0.2, -0.15) is 80.4 Å². The number of aryl methyl sites for hydroxylation is 2. The third-order valence-electron chi connectivity index (χ3n) is 6.22. The number of carbonyl (C=O) groups excluding carboxylic acids is 2. The van der Waals surface area contributed by atoms with E-state index in [2.05, 4.69) is 10.2 Å². The number of benzene rings is 1. The topological polar surface area (TPSA) is 110 Å². The number of aromatic nitrogens is 4. The Balaban J connectivity index is 2.54. The highest BCUT2D eigenvalue weighted by atomic mass is 35.5. The molecule has 0 unspecified atom stereocenters. The van der Waals surface area contributed by atoms with Gasteiger partial charge in [0, 0.05) is 14.1 Å². The predicted molar refractivity (Wildman–Crippen MR) is 126 cm³/mol. The summed E-state index contributed by atoms with van der Waals surface area (Å²) < 4.78 is 219. The van der Waals surface area contributed by atoms with Gasteiger partial charge in [0.2, 0.25) is 0 Å². The van der Waals surface area contributed by atoms with Gasteiger partial charge < -0.3 is 5.11 Å². The van der Waals surface area contributed by atoms with Crippen LogP contribution in [0.2, 0.25) is 5.02 Å². The number of amides is 2. The van der Waals surface area contributed by atoms with Crippen molar-refractivity contribution in [2.24, 2.45) is 14.1 Å². The van der Waals surface area contributed by atoms with Crippen molar-refractivity contribution in [3.8, 4) is 0 Å². The number of halogens is 17. The maximum absolute atomic E-state index is 14.2. The maximum Gasteiger partial charge on any atom is 0.459 e. The van der Waals surface area contributed by atoms with Gasteiger partial charge in [0.05, 0.1) is 16.3 Å². The molecule has 1 aromatic carbocycles. The van der Waals surface area contributed by atoms with Crippen molar-refractivity contribution in [1.82, 2.24) is 19.6 Å². The van der Waals surface area contributed by atoms with Crippen LogP contribution in [0.1, 0.15) is 53.8 Å². The number of carboxylic acid groups (broad SMARTS) is 1. The van der Waals surface area contributed by atoms with Gasteiger partial charge in [0.1, 0.15) is 22.5 Å². The lowest BCUT2D eigenvalue weighted by molar-refractivity contribution is -0.292. The number of aromatic carboxylic acids is 1. The van der Waals surface area contributed by atoms with E-state index in [4.69, 9.17) is 11.6 Å². The van der Waals surface area contributed by atoms with Crippen molar-refractivity contribution < 1.29 is 89.7 Å². The molecule has 0 bridgehead atoms. The summed E-state index contributed by atoms with van der Waals surface area (Å²) in [5, 5.41) is 13.3. The highest BCUT2D eigenvalue weighted by molar-refractivity contribution is 6.34. The van der Waals surface area contributed by atoms with Gasteiger partial charge in [-0.15, -0.1) is 0 Å². The Bertz CT molecular complexity index is 1740. The quantitative estimate of drug-likeness (QED) is 0.208. The lowest BCUT2D eigenvalue weighted by Gasteiger charge is -2.24. The summed E-state index contributed by atoms with van der Waals surface area (Å²) in [7, 11) is 0.220. The number of hydrogen-bond donors (Lipinski definition) is 1. The molecule has 9 nitrogen and oxygen atoms in total. The molecule has 0 aliphatic carbocycles. The van der Waals surface area contributed by atoms with E-state index in [1.54, 1.807) is 0 Å². The molecule has 2 amide bonds. The zero-order chi connectivity index (χ0) is 38.2. The largest absolute Gasteiger partial charge is 0.478 e. The first-order valence-corrected chi connectivity index (χ1v) is 12.3. The fourth-order valence-corrected chi connectivity index (χ4v) is 4.34. The van der Waals surface area contributed by atoms with Gasteiger partial charge in [0.25, 0.3) is 11.8 Å². The van der Waals surface area contributed by atoms with Crippen molar-refractivity contribution >= 4 is 35.1 Å². The van der Waals surface area contributed by atoms with E-state index >= 15 is 0 Å². The SMILES string of the molecule is Cn1nc(C(F)(F)C(F)(F)F)c(C(F)(F)F)c1C(=O)N(C(=O)c1c(C(F)(F)F)c(C(F)(F)C(F)(F)F)nn1C)c1ccc(Cl)c(C(=O)O)c1. The molecule has 0 fully saturated rings. The summed E-state index contributed by atoms with van der Waals surface area (Å²) in [5.41, 5.74) is -20.6. The average molecular weight is 760 g/mol. The molecule has 0 spiro atoms. The molecule has 2 heterocycles. The Labute approximate surface area is 263 Å². The van der Waals surface area contributed by atoms with E-state index in [1.807, 2.05) is 0 Å². The van der Waals surface area contributed by atoms with Crippen LogP contribution in [0.4, 0.5) is 75.9 Å². The normalized spacial score (nSPS) is 13.5. The highest BCUT2D eigenvalue weighted by Crippen LogP contribution is 2.50. The molecular weight excluding hydrogens is 750 g/mol. The summed E-state index contributed by atoms with van der Waals surface area (Å²) in [5.74, 6) is -20.8. The molecule has 0 aliphatic heterocycles. The van der Waals surface area contributed by atoms with E-state index in [-0.39, 0.29) is 26.2 Å². The summed E-state index contributed by atoms with van der Waals surface area (Å²) in [6.07, 6.45) is -26.6. The predicted octanol–water partition coefficient (Wildman–Crippen LogP) is 7.34. The minimum absolute atomic E-state index is 0.0597. The van der Waals surface area contributed by atoms with Crippen LogP contribution in [0.15, 0.2) is 18.2 Å². The van der Waals surface area contributed by atoms with E-state index in [9.17, 15) is 89.7 Å². The molecule has 0 saturated heterocycles. The number of carbonyl (C=O) groups is 3. The lowest BCUT2D eigenvalue weighted by atomic mass is 10.0. The van der Waals surface area contributed by atoms with Crippen LogP contribution in [0, 0.1) is 0 Å². The van der Waals surface area contributed by atoms with Crippen molar-refractivity contribution in [2.75, 3.05) is 4.90 Å². The van der Waals surface area contributed by atoms with Crippen LogP contribution < -0.4 is 4.90 Å². The number of alkyl halides is 16. The van der Waals surface area contributed by atoms with Gasteiger partial charge in [-0.3, -0.25) is 19.0 Å². The molecule has 0 atom stereocenters. The van der Waals surface area contributed by atoms with Gasteiger partial charge in [-0.05, 0) is 18.2 Å². The summed E-state index contributed by atoms with van der Waals surface area (Å²) in [4.78, 5) is 37.9. The number of anilines is 1. The number of nitrogens with zero attached hydrogens (tertiary/aromatic N) is 5. The summed E-state index contributed by atoms with van der Waals surface area (Å²) in [6, 6.07) is 0.765. The molecular formula is C23H10ClF16N5O4. The molecule has 26 heteroatoms. The van der Waals surface area contributed by atoms with E-state index < -0.39 is 119 Å². The zero-order valence-corrected chi connectivity index (χ0v) is 23.8. The molecule has 0 aliphatic rings.